The van der Waals surface area contributed by atoms with Crippen molar-refractivity contribution in [2.24, 2.45) is 29.6 Å². The summed E-state index contributed by atoms with van der Waals surface area (Å²) in [7, 11) is 0. The monoisotopic (exact) mass is 244 g/mol. The largest absolute Gasteiger partial charge is 0.0803 e. The quantitative estimate of drug-likeness (QED) is 0.613. The van der Waals surface area contributed by atoms with Crippen LogP contribution in [0.25, 0.3) is 0 Å². The molecule has 0 N–H and O–H groups in total. The molecule has 0 aliphatic heterocycles. The zero-order valence-corrected chi connectivity index (χ0v) is 12.1. The second kappa shape index (κ2) is 5.23. The van der Waals surface area contributed by atoms with E-state index in [-0.39, 0.29) is 0 Å². The maximum Gasteiger partial charge on any atom is -0.0136 e. The van der Waals surface area contributed by atoms with Crippen molar-refractivity contribution >= 4 is 0 Å². The van der Waals surface area contributed by atoms with E-state index in [0.29, 0.717) is 5.92 Å². The van der Waals surface area contributed by atoms with Crippen LogP contribution in [-0.4, -0.2) is 0 Å². The maximum absolute atomic E-state index is 2.61. The van der Waals surface area contributed by atoms with Crippen LogP contribution >= 0.6 is 0 Å². The van der Waals surface area contributed by atoms with Gasteiger partial charge >= 0.3 is 0 Å². The van der Waals surface area contributed by atoms with Gasteiger partial charge in [-0.15, -0.1) is 0 Å². The van der Waals surface area contributed by atoms with E-state index in [1.54, 1.807) is 5.57 Å². The number of hydrogen-bond acceptors (Lipinski definition) is 0. The topological polar surface area (TPSA) is 0 Å². The molecule has 2 saturated carbocycles. The summed E-state index contributed by atoms with van der Waals surface area (Å²) in [5, 5.41) is 0. The molecule has 18 heavy (non-hydrogen) atoms. The van der Waals surface area contributed by atoms with Gasteiger partial charge in [-0.1, -0.05) is 64.2 Å². The molecule has 3 rings (SSSR count). The van der Waals surface area contributed by atoms with Crippen molar-refractivity contribution in [3.05, 3.63) is 23.8 Å². The molecule has 3 unspecified atom stereocenters. The van der Waals surface area contributed by atoms with Crippen LogP contribution < -0.4 is 0 Å². The zero-order chi connectivity index (χ0) is 12.5. The van der Waals surface area contributed by atoms with E-state index in [1.165, 1.54) is 44.9 Å². The molecule has 0 amide bonds. The van der Waals surface area contributed by atoms with E-state index in [4.69, 9.17) is 0 Å². The van der Waals surface area contributed by atoms with Crippen molar-refractivity contribution in [2.75, 3.05) is 0 Å². The first-order valence-corrected chi connectivity index (χ1v) is 8.15. The Labute approximate surface area is 113 Å². The summed E-state index contributed by atoms with van der Waals surface area (Å²) < 4.78 is 0. The Hall–Kier alpha value is -0.520. The molecule has 0 aromatic rings. The number of fused-ring (bicyclic) bond motifs is 1. The fourth-order valence-corrected chi connectivity index (χ4v) is 4.59. The predicted molar refractivity (Wildman–Crippen MR) is 78.3 cm³/mol. The highest BCUT2D eigenvalue weighted by Gasteiger charge is 2.39. The van der Waals surface area contributed by atoms with E-state index in [0.717, 1.165) is 23.7 Å². The molecular formula is C18H28. The van der Waals surface area contributed by atoms with Gasteiger partial charge in [0.15, 0.2) is 0 Å². The van der Waals surface area contributed by atoms with Crippen LogP contribution in [0.4, 0.5) is 0 Å². The van der Waals surface area contributed by atoms with Crippen LogP contribution in [0.15, 0.2) is 23.8 Å². The molecule has 0 heterocycles. The summed E-state index contributed by atoms with van der Waals surface area (Å²) in [6.07, 6.45) is 18.1. The lowest BCUT2D eigenvalue weighted by molar-refractivity contribution is 0.215. The molecule has 3 aliphatic carbocycles. The molecule has 0 aromatic heterocycles. The van der Waals surface area contributed by atoms with Gasteiger partial charge in [0.05, 0.1) is 0 Å². The standard InChI is InChI=1S/C18H28/c1-13(2)15-8-10-18-16(12-15)9-11-17(18)14-6-4-3-5-7-14/h8,10,12-14,16-18H,3-7,9,11H2,1-2H3. The lowest BCUT2D eigenvalue weighted by Gasteiger charge is -2.33. The first-order valence-electron chi connectivity index (χ1n) is 8.15. The van der Waals surface area contributed by atoms with Gasteiger partial charge in [-0.3, -0.25) is 0 Å². The summed E-state index contributed by atoms with van der Waals surface area (Å²) in [5.74, 6) is 4.52. The molecule has 0 aromatic carbocycles. The van der Waals surface area contributed by atoms with Crippen molar-refractivity contribution in [3.8, 4) is 0 Å². The summed E-state index contributed by atoms with van der Waals surface area (Å²) in [4.78, 5) is 0. The zero-order valence-electron chi connectivity index (χ0n) is 12.1. The molecule has 3 aliphatic rings. The van der Waals surface area contributed by atoms with Crippen LogP contribution in [0, 0.1) is 29.6 Å². The third-order valence-corrected chi connectivity index (χ3v) is 5.66. The molecule has 0 saturated heterocycles. The van der Waals surface area contributed by atoms with Crippen LogP contribution in [-0.2, 0) is 0 Å². The Balaban J connectivity index is 1.70. The minimum Gasteiger partial charge on any atom is -0.0803 e. The van der Waals surface area contributed by atoms with Gasteiger partial charge in [0.25, 0.3) is 0 Å². The van der Waals surface area contributed by atoms with Crippen molar-refractivity contribution in [3.63, 3.8) is 0 Å². The molecule has 0 spiro atoms. The van der Waals surface area contributed by atoms with Gasteiger partial charge in [-0.25, -0.2) is 0 Å². The Morgan fingerprint density at radius 3 is 2.50 bits per heavy atom. The first kappa shape index (κ1) is 12.5. The fraction of sp³-hybridized carbons (Fsp3) is 0.778. The van der Waals surface area contributed by atoms with Gasteiger partial charge in [-0.05, 0) is 48.0 Å². The average Bonchev–Trinajstić information content (AvgIpc) is 2.82. The third kappa shape index (κ3) is 2.31. The minimum absolute atomic E-state index is 0.705. The minimum atomic E-state index is 0.705. The summed E-state index contributed by atoms with van der Waals surface area (Å²) >= 11 is 0. The van der Waals surface area contributed by atoms with E-state index < -0.39 is 0 Å². The predicted octanol–water partition coefficient (Wildman–Crippen LogP) is 5.36. The van der Waals surface area contributed by atoms with Crippen LogP contribution in [0.3, 0.4) is 0 Å². The molecule has 0 nitrogen and oxygen atoms in total. The number of rotatable bonds is 2. The SMILES string of the molecule is CC(C)C1=CC2CCC(C3CCCCC3)C2C=C1. The van der Waals surface area contributed by atoms with Crippen LogP contribution in [0.1, 0.15) is 58.8 Å². The Kier molecular flexibility index (Phi) is 3.63. The summed E-state index contributed by atoms with van der Waals surface area (Å²) in [6.45, 7) is 4.65. The molecular weight excluding hydrogens is 216 g/mol. The van der Waals surface area contributed by atoms with Crippen molar-refractivity contribution < 1.29 is 0 Å². The van der Waals surface area contributed by atoms with Gasteiger partial charge in [0.2, 0.25) is 0 Å². The Morgan fingerprint density at radius 2 is 1.78 bits per heavy atom. The molecule has 3 atom stereocenters. The van der Waals surface area contributed by atoms with Gasteiger partial charge in [-0.2, -0.15) is 0 Å². The van der Waals surface area contributed by atoms with Crippen molar-refractivity contribution in [1.82, 2.24) is 0 Å². The van der Waals surface area contributed by atoms with Crippen LogP contribution in [0.2, 0.25) is 0 Å². The van der Waals surface area contributed by atoms with Crippen molar-refractivity contribution in [2.45, 2.75) is 58.8 Å². The number of hydrogen-bond donors (Lipinski definition) is 0. The Morgan fingerprint density at radius 1 is 1.00 bits per heavy atom. The lowest BCUT2D eigenvalue weighted by atomic mass is 9.72. The Bertz CT molecular complexity index is 341. The lowest BCUT2D eigenvalue weighted by Crippen LogP contribution is -2.24. The highest BCUT2D eigenvalue weighted by Crippen LogP contribution is 2.48. The van der Waals surface area contributed by atoms with E-state index >= 15 is 0 Å². The fourth-order valence-electron chi connectivity index (χ4n) is 4.59. The van der Waals surface area contributed by atoms with Crippen molar-refractivity contribution in [1.29, 1.82) is 0 Å². The molecule has 100 valence electrons. The average molecular weight is 244 g/mol. The highest BCUT2D eigenvalue weighted by atomic mass is 14.4. The van der Waals surface area contributed by atoms with Gasteiger partial charge < -0.3 is 0 Å². The van der Waals surface area contributed by atoms with Gasteiger partial charge in [0.1, 0.15) is 0 Å². The van der Waals surface area contributed by atoms with Crippen LogP contribution in [0.5, 0.6) is 0 Å². The first-order chi connectivity index (χ1) is 8.75. The highest BCUT2D eigenvalue weighted by molar-refractivity contribution is 5.28. The number of allylic oxidation sites excluding steroid dienone is 4. The summed E-state index contributed by atoms with van der Waals surface area (Å²) in [6, 6.07) is 0. The third-order valence-electron chi connectivity index (χ3n) is 5.66. The van der Waals surface area contributed by atoms with Gasteiger partial charge in [0, 0.05) is 0 Å². The van der Waals surface area contributed by atoms with E-state index in [1.807, 2.05) is 0 Å². The molecule has 0 radical (unpaired) electrons. The second-order valence-electron chi connectivity index (χ2n) is 7.06. The van der Waals surface area contributed by atoms with E-state index in [2.05, 4.69) is 32.1 Å². The second-order valence-corrected chi connectivity index (χ2v) is 7.06. The van der Waals surface area contributed by atoms with E-state index in [9.17, 15) is 0 Å². The normalized spacial score (nSPS) is 36.8. The molecule has 2 fully saturated rings. The summed E-state index contributed by atoms with van der Waals surface area (Å²) in [5.41, 5.74) is 1.58. The molecule has 0 heteroatoms. The molecule has 0 bridgehead atoms. The maximum atomic E-state index is 2.61. The smallest absolute Gasteiger partial charge is 0.0136 e.